The van der Waals surface area contributed by atoms with Gasteiger partial charge in [0.2, 0.25) is 0 Å². The fourth-order valence-electron chi connectivity index (χ4n) is 3.47. The number of benzene rings is 2. The Morgan fingerprint density at radius 2 is 2.15 bits per heavy atom. The molecule has 5 heteroatoms. The molecule has 5 nitrogen and oxygen atoms in total. The van der Waals surface area contributed by atoms with E-state index in [1.807, 2.05) is 55.5 Å². The van der Waals surface area contributed by atoms with E-state index in [9.17, 15) is 5.11 Å². The summed E-state index contributed by atoms with van der Waals surface area (Å²) in [5, 5.41) is 10.6. The molecule has 2 aromatic carbocycles. The quantitative estimate of drug-likeness (QED) is 0.736. The third-order valence-electron chi connectivity index (χ3n) is 4.73. The van der Waals surface area contributed by atoms with Crippen LogP contribution in [0.1, 0.15) is 30.3 Å². The van der Waals surface area contributed by atoms with Crippen molar-refractivity contribution in [3.8, 4) is 5.75 Å². The minimum absolute atomic E-state index is 0.00675. The minimum atomic E-state index is -0.631. The summed E-state index contributed by atoms with van der Waals surface area (Å²) in [7, 11) is 0. The molecular weight excluding hydrogens is 328 g/mol. The van der Waals surface area contributed by atoms with E-state index in [4.69, 9.17) is 14.5 Å². The van der Waals surface area contributed by atoms with Crippen molar-refractivity contribution in [2.75, 3.05) is 13.2 Å². The first-order valence-electron chi connectivity index (χ1n) is 9.15. The normalized spacial score (nSPS) is 18.3. The van der Waals surface area contributed by atoms with Gasteiger partial charge in [0.05, 0.1) is 17.6 Å². The molecule has 0 saturated carbocycles. The number of rotatable bonds is 6. The van der Waals surface area contributed by atoms with Crippen molar-refractivity contribution in [2.24, 2.45) is 0 Å². The van der Waals surface area contributed by atoms with Crippen LogP contribution in [0.4, 0.5) is 0 Å². The first-order chi connectivity index (χ1) is 12.7. The highest BCUT2D eigenvalue weighted by Crippen LogP contribution is 2.30. The number of fused-ring (bicyclic) bond motifs is 1. The van der Waals surface area contributed by atoms with Gasteiger partial charge in [0.25, 0.3) is 0 Å². The molecule has 1 N–H and O–H groups in total. The summed E-state index contributed by atoms with van der Waals surface area (Å²) in [4.78, 5) is 4.76. The summed E-state index contributed by atoms with van der Waals surface area (Å²) in [6, 6.07) is 15.9. The van der Waals surface area contributed by atoms with Crippen molar-refractivity contribution in [2.45, 2.75) is 38.5 Å². The SMILES string of the molecule is Cc1cccc(OCC(O)Cn2c(C3CCCO3)nc3ccccc32)c1. The third-order valence-corrected chi connectivity index (χ3v) is 4.73. The molecule has 1 saturated heterocycles. The topological polar surface area (TPSA) is 56.5 Å². The predicted octanol–water partition coefficient (Wildman–Crippen LogP) is 3.64. The zero-order chi connectivity index (χ0) is 17.9. The van der Waals surface area contributed by atoms with E-state index in [-0.39, 0.29) is 12.7 Å². The van der Waals surface area contributed by atoms with E-state index in [1.165, 1.54) is 0 Å². The van der Waals surface area contributed by atoms with Crippen LogP contribution >= 0.6 is 0 Å². The standard InChI is InChI=1S/C21H24N2O3/c1-15-6-4-7-17(12-15)26-14-16(24)13-23-19-9-3-2-8-18(19)22-21(23)20-10-5-11-25-20/h2-4,6-9,12,16,20,24H,5,10-11,13-14H2,1H3. The number of aromatic nitrogens is 2. The number of aliphatic hydroxyl groups excluding tert-OH is 1. The van der Waals surface area contributed by atoms with Gasteiger partial charge < -0.3 is 19.1 Å². The van der Waals surface area contributed by atoms with Gasteiger partial charge >= 0.3 is 0 Å². The second-order valence-electron chi connectivity index (χ2n) is 6.85. The van der Waals surface area contributed by atoms with Crippen molar-refractivity contribution in [3.63, 3.8) is 0 Å². The number of hydrogen-bond acceptors (Lipinski definition) is 4. The van der Waals surface area contributed by atoms with E-state index in [0.29, 0.717) is 6.54 Å². The van der Waals surface area contributed by atoms with Gasteiger partial charge in [-0.3, -0.25) is 0 Å². The summed E-state index contributed by atoms with van der Waals surface area (Å²) < 4.78 is 13.7. The summed E-state index contributed by atoms with van der Waals surface area (Å²) in [5.74, 6) is 1.68. The molecule has 2 unspecified atom stereocenters. The van der Waals surface area contributed by atoms with Crippen LogP contribution in [-0.2, 0) is 11.3 Å². The van der Waals surface area contributed by atoms with E-state index < -0.39 is 6.10 Å². The Bertz CT molecular complexity index is 884. The Morgan fingerprint density at radius 3 is 2.96 bits per heavy atom. The van der Waals surface area contributed by atoms with Crippen molar-refractivity contribution < 1.29 is 14.6 Å². The Balaban J connectivity index is 1.52. The average molecular weight is 352 g/mol. The largest absolute Gasteiger partial charge is 0.491 e. The number of imidazole rings is 1. The van der Waals surface area contributed by atoms with Gasteiger partial charge in [-0.1, -0.05) is 24.3 Å². The zero-order valence-corrected chi connectivity index (χ0v) is 15.0. The maximum atomic E-state index is 10.6. The molecule has 1 aliphatic heterocycles. The van der Waals surface area contributed by atoms with Crippen molar-refractivity contribution in [1.29, 1.82) is 0 Å². The molecule has 2 heterocycles. The zero-order valence-electron chi connectivity index (χ0n) is 15.0. The van der Waals surface area contributed by atoms with Crippen LogP contribution in [0.2, 0.25) is 0 Å². The molecule has 2 atom stereocenters. The van der Waals surface area contributed by atoms with Gasteiger partial charge in [-0.25, -0.2) is 4.98 Å². The molecule has 0 amide bonds. The predicted molar refractivity (Wildman–Crippen MR) is 100 cm³/mol. The monoisotopic (exact) mass is 352 g/mol. The molecule has 0 aliphatic carbocycles. The summed E-state index contributed by atoms with van der Waals surface area (Å²) in [6.07, 6.45) is 1.40. The summed E-state index contributed by atoms with van der Waals surface area (Å²) in [5.41, 5.74) is 3.09. The minimum Gasteiger partial charge on any atom is -0.491 e. The molecule has 0 bridgehead atoms. The van der Waals surface area contributed by atoms with E-state index in [1.54, 1.807) is 0 Å². The van der Waals surface area contributed by atoms with Gasteiger partial charge in [0.15, 0.2) is 0 Å². The molecule has 3 aromatic rings. The van der Waals surface area contributed by atoms with Crippen LogP contribution in [0.3, 0.4) is 0 Å². The number of hydrogen-bond donors (Lipinski definition) is 1. The van der Waals surface area contributed by atoms with Gasteiger partial charge in [0, 0.05) is 6.61 Å². The Labute approximate surface area is 153 Å². The fourth-order valence-corrected chi connectivity index (χ4v) is 3.47. The second-order valence-corrected chi connectivity index (χ2v) is 6.85. The van der Waals surface area contributed by atoms with Gasteiger partial charge in [-0.2, -0.15) is 0 Å². The van der Waals surface area contributed by atoms with Gasteiger partial charge in [-0.15, -0.1) is 0 Å². The molecular formula is C21H24N2O3. The Morgan fingerprint density at radius 1 is 1.27 bits per heavy atom. The lowest BCUT2D eigenvalue weighted by molar-refractivity contribution is 0.0805. The van der Waals surface area contributed by atoms with Crippen molar-refractivity contribution in [1.82, 2.24) is 9.55 Å². The number of aryl methyl sites for hydroxylation is 1. The Hall–Kier alpha value is -2.37. The number of ether oxygens (including phenoxy) is 2. The average Bonchev–Trinajstić information content (AvgIpc) is 3.28. The summed E-state index contributed by atoms with van der Waals surface area (Å²) in [6.45, 7) is 3.46. The van der Waals surface area contributed by atoms with Gasteiger partial charge in [0.1, 0.15) is 30.4 Å². The van der Waals surface area contributed by atoms with Crippen LogP contribution in [0.25, 0.3) is 11.0 Å². The first-order valence-corrected chi connectivity index (χ1v) is 9.15. The van der Waals surface area contributed by atoms with Crippen molar-refractivity contribution in [3.05, 3.63) is 59.9 Å². The molecule has 1 aromatic heterocycles. The van der Waals surface area contributed by atoms with Crippen LogP contribution in [-0.4, -0.2) is 34.0 Å². The molecule has 4 rings (SSSR count). The third kappa shape index (κ3) is 3.59. The highest BCUT2D eigenvalue weighted by atomic mass is 16.5. The molecule has 0 spiro atoms. The molecule has 0 radical (unpaired) electrons. The lowest BCUT2D eigenvalue weighted by Crippen LogP contribution is -2.25. The van der Waals surface area contributed by atoms with Crippen LogP contribution < -0.4 is 4.74 Å². The molecule has 1 aliphatic rings. The smallest absolute Gasteiger partial charge is 0.139 e. The highest BCUT2D eigenvalue weighted by Gasteiger charge is 2.25. The van der Waals surface area contributed by atoms with Gasteiger partial charge in [-0.05, 0) is 49.6 Å². The molecule has 1 fully saturated rings. The lowest BCUT2D eigenvalue weighted by atomic mass is 10.2. The number of nitrogens with zero attached hydrogens (tertiary/aromatic N) is 2. The highest BCUT2D eigenvalue weighted by molar-refractivity contribution is 5.76. The van der Waals surface area contributed by atoms with E-state index >= 15 is 0 Å². The van der Waals surface area contributed by atoms with E-state index in [2.05, 4.69) is 4.57 Å². The van der Waals surface area contributed by atoms with Crippen LogP contribution in [0.15, 0.2) is 48.5 Å². The maximum Gasteiger partial charge on any atom is 0.139 e. The first kappa shape index (κ1) is 17.1. The van der Waals surface area contributed by atoms with Crippen LogP contribution in [0.5, 0.6) is 5.75 Å². The molecule has 136 valence electrons. The van der Waals surface area contributed by atoms with E-state index in [0.717, 1.165) is 47.6 Å². The number of aliphatic hydroxyl groups is 1. The maximum absolute atomic E-state index is 10.6. The molecule has 26 heavy (non-hydrogen) atoms. The van der Waals surface area contributed by atoms with Crippen molar-refractivity contribution >= 4 is 11.0 Å². The lowest BCUT2D eigenvalue weighted by Gasteiger charge is -2.18. The Kier molecular flexibility index (Phi) is 4.91. The summed E-state index contributed by atoms with van der Waals surface area (Å²) >= 11 is 0. The van der Waals surface area contributed by atoms with Crippen LogP contribution in [0, 0.1) is 6.92 Å². The second kappa shape index (κ2) is 7.48. The number of para-hydroxylation sites is 2. The fraction of sp³-hybridized carbons (Fsp3) is 0.381.